The van der Waals surface area contributed by atoms with E-state index in [1.54, 1.807) is 36.4 Å². The lowest BCUT2D eigenvalue weighted by molar-refractivity contribution is -0.133. The third-order valence-electron chi connectivity index (χ3n) is 3.57. The molecule has 9 heteroatoms. The van der Waals surface area contributed by atoms with Crippen molar-refractivity contribution >= 4 is 23.1 Å². The highest BCUT2D eigenvalue weighted by Crippen LogP contribution is 2.33. The maximum atomic E-state index is 12.1. The van der Waals surface area contributed by atoms with Gasteiger partial charge >= 0.3 is 12.0 Å². The first-order chi connectivity index (χ1) is 14.1. The van der Waals surface area contributed by atoms with Crippen LogP contribution in [0.1, 0.15) is 5.56 Å². The van der Waals surface area contributed by atoms with Crippen molar-refractivity contribution in [3.63, 3.8) is 0 Å². The van der Waals surface area contributed by atoms with E-state index in [2.05, 4.69) is 15.2 Å². The fraction of sp³-hybridized carbons (Fsp3) is 0.100. The maximum Gasteiger partial charge on any atom is 0.344 e. The molecule has 3 aromatic rings. The second-order valence-electron chi connectivity index (χ2n) is 5.46. The number of esters is 1. The number of methoxy groups -OCH3 is 2. The van der Waals surface area contributed by atoms with Crippen LogP contribution in [0.25, 0.3) is 5.57 Å². The summed E-state index contributed by atoms with van der Waals surface area (Å²) < 4.78 is 21.2. The van der Waals surface area contributed by atoms with Crippen molar-refractivity contribution in [2.24, 2.45) is 0 Å². The smallest absolute Gasteiger partial charge is 0.344 e. The molecule has 0 saturated carbocycles. The minimum Gasteiger partial charge on any atom is -0.503 e. The van der Waals surface area contributed by atoms with Gasteiger partial charge in [-0.2, -0.15) is 4.98 Å². The van der Waals surface area contributed by atoms with Crippen molar-refractivity contribution in [3.8, 4) is 23.4 Å². The van der Waals surface area contributed by atoms with E-state index < -0.39 is 5.97 Å². The van der Waals surface area contributed by atoms with Crippen molar-refractivity contribution < 1.29 is 23.7 Å². The summed E-state index contributed by atoms with van der Waals surface area (Å²) in [6.07, 6.45) is 1.26. The Hall–Kier alpha value is -3.65. The summed E-state index contributed by atoms with van der Waals surface area (Å²) in [4.78, 5) is 16.3. The normalized spacial score (nSPS) is 10.9. The molecule has 1 heterocycles. The van der Waals surface area contributed by atoms with Crippen LogP contribution in [0.2, 0.25) is 5.15 Å². The number of hydrogen-bond donors (Lipinski definition) is 0. The lowest BCUT2D eigenvalue weighted by atomic mass is 10.1. The number of benzene rings is 2. The molecule has 148 valence electrons. The molecule has 2 aromatic carbocycles. The molecule has 29 heavy (non-hydrogen) atoms. The second-order valence-corrected chi connectivity index (χ2v) is 5.82. The van der Waals surface area contributed by atoms with Crippen LogP contribution in [-0.4, -0.2) is 35.4 Å². The highest BCUT2D eigenvalue weighted by Gasteiger charge is 2.20. The number of carbonyl (C=O) groups excluding carboxylic acids is 1. The summed E-state index contributed by atoms with van der Waals surface area (Å²) >= 11 is 6.08. The highest BCUT2D eigenvalue weighted by atomic mass is 35.5. The van der Waals surface area contributed by atoms with Crippen LogP contribution >= 0.6 is 11.6 Å². The van der Waals surface area contributed by atoms with Gasteiger partial charge < -0.3 is 18.9 Å². The monoisotopic (exact) mass is 413 g/mol. The van der Waals surface area contributed by atoms with Crippen molar-refractivity contribution in [1.29, 1.82) is 0 Å². The van der Waals surface area contributed by atoms with Gasteiger partial charge in [0.1, 0.15) is 17.1 Å². The zero-order chi connectivity index (χ0) is 20.6. The Labute approximate surface area is 171 Å². The van der Waals surface area contributed by atoms with E-state index in [-0.39, 0.29) is 28.4 Å². The fourth-order valence-corrected chi connectivity index (χ4v) is 2.44. The van der Waals surface area contributed by atoms with Crippen molar-refractivity contribution in [1.82, 2.24) is 15.2 Å². The van der Waals surface area contributed by atoms with Gasteiger partial charge in [0.25, 0.3) is 5.88 Å². The second kappa shape index (κ2) is 9.52. The Morgan fingerprint density at radius 2 is 1.69 bits per heavy atom. The predicted octanol–water partition coefficient (Wildman–Crippen LogP) is 4.27. The summed E-state index contributed by atoms with van der Waals surface area (Å²) in [6.45, 7) is 0. The topological polar surface area (TPSA) is 92.7 Å². The Morgan fingerprint density at radius 1 is 0.966 bits per heavy atom. The Kier molecular flexibility index (Phi) is 6.59. The number of aromatic nitrogens is 3. The van der Waals surface area contributed by atoms with Gasteiger partial charge in [0.2, 0.25) is 5.15 Å². The molecule has 0 aliphatic rings. The zero-order valence-electron chi connectivity index (χ0n) is 15.5. The largest absolute Gasteiger partial charge is 0.503 e. The highest BCUT2D eigenvalue weighted by molar-refractivity contribution is 6.30. The number of rotatable bonds is 7. The first-order valence-electron chi connectivity index (χ1n) is 8.34. The SMILES string of the molecule is COC=C(C(=O)OC)c1ccccc1Oc1nc(Oc2ccccc2)nnc1Cl. The molecule has 0 saturated heterocycles. The van der Waals surface area contributed by atoms with Gasteiger partial charge in [-0.1, -0.05) is 53.1 Å². The van der Waals surface area contributed by atoms with E-state index in [9.17, 15) is 4.79 Å². The van der Waals surface area contributed by atoms with E-state index in [0.29, 0.717) is 11.3 Å². The summed E-state index contributed by atoms with van der Waals surface area (Å²) in [6, 6.07) is 15.7. The van der Waals surface area contributed by atoms with E-state index in [0.717, 1.165) is 0 Å². The summed E-state index contributed by atoms with van der Waals surface area (Å²) in [5, 5.41) is 7.54. The third kappa shape index (κ3) is 4.99. The van der Waals surface area contributed by atoms with Gasteiger partial charge in [0, 0.05) is 5.56 Å². The molecule has 0 bridgehead atoms. The standard InChI is InChI=1S/C20H16ClN3O5/c1-26-12-15(19(25)27-2)14-10-6-7-11-16(14)29-18-17(21)23-24-20(22-18)28-13-8-4-3-5-9-13/h3-12H,1-2H3. The molecule has 3 rings (SSSR count). The number of hydrogen-bond acceptors (Lipinski definition) is 8. The number of carbonyl (C=O) groups is 1. The molecule has 0 unspecified atom stereocenters. The molecule has 1 aromatic heterocycles. The minimum absolute atomic E-state index is 0.0401. The van der Waals surface area contributed by atoms with Gasteiger partial charge in [0.15, 0.2) is 0 Å². The molecule has 0 fully saturated rings. The molecule has 0 N–H and O–H groups in total. The molecule has 0 amide bonds. The van der Waals surface area contributed by atoms with Crippen LogP contribution < -0.4 is 9.47 Å². The van der Waals surface area contributed by atoms with Crippen LogP contribution in [0.4, 0.5) is 0 Å². The number of para-hydroxylation sites is 2. The Balaban J connectivity index is 1.93. The Bertz CT molecular complexity index is 1030. The first-order valence-corrected chi connectivity index (χ1v) is 8.72. The molecule has 0 aliphatic heterocycles. The van der Waals surface area contributed by atoms with Crippen LogP contribution in [0.15, 0.2) is 60.9 Å². The molecular weight excluding hydrogens is 398 g/mol. The van der Waals surface area contributed by atoms with Crippen molar-refractivity contribution in [2.75, 3.05) is 14.2 Å². The number of ether oxygens (including phenoxy) is 4. The molecule has 8 nitrogen and oxygen atoms in total. The third-order valence-corrected chi connectivity index (χ3v) is 3.81. The van der Waals surface area contributed by atoms with Gasteiger partial charge in [-0.05, 0) is 18.2 Å². The molecular formula is C20H16ClN3O5. The molecule has 0 aliphatic carbocycles. The summed E-state index contributed by atoms with van der Waals surface area (Å²) in [5.74, 6) is 0.179. The maximum absolute atomic E-state index is 12.1. The summed E-state index contributed by atoms with van der Waals surface area (Å²) in [7, 11) is 2.69. The van der Waals surface area contributed by atoms with Gasteiger partial charge in [-0.15, -0.1) is 5.10 Å². The number of halogens is 1. The minimum atomic E-state index is -0.595. The quantitative estimate of drug-likeness (QED) is 0.322. The molecule has 0 atom stereocenters. The van der Waals surface area contributed by atoms with E-state index in [1.807, 2.05) is 18.2 Å². The molecule has 0 spiro atoms. The lowest BCUT2D eigenvalue weighted by Crippen LogP contribution is -2.06. The average Bonchev–Trinajstić information content (AvgIpc) is 2.75. The van der Waals surface area contributed by atoms with Gasteiger partial charge in [-0.3, -0.25) is 0 Å². The average molecular weight is 414 g/mol. The Morgan fingerprint density at radius 3 is 2.41 bits per heavy atom. The van der Waals surface area contributed by atoms with Crippen LogP contribution in [0.3, 0.4) is 0 Å². The number of nitrogens with zero attached hydrogens (tertiary/aromatic N) is 3. The van der Waals surface area contributed by atoms with Crippen LogP contribution in [0, 0.1) is 0 Å². The first kappa shape index (κ1) is 20.1. The van der Waals surface area contributed by atoms with Crippen LogP contribution in [-0.2, 0) is 14.3 Å². The summed E-state index contributed by atoms with van der Waals surface area (Å²) in [5.41, 5.74) is 0.575. The van der Waals surface area contributed by atoms with Gasteiger partial charge in [0.05, 0.1) is 20.5 Å². The van der Waals surface area contributed by atoms with E-state index in [4.69, 9.17) is 30.5 Å². The predicted molar refractivity (Wildman–Crippen MR) is 105 cm³/mol. The fourth-order valence-electron chi connectivity index (χ4n) is 2.32. The van der Waals surface area contributed by atoms with E-state index >= 15 is 0 Å². The van der Waals surface area contributed by atoms with Gasteiger partial charge in [-0.25, -0.2) is 4.79 Å². The van der Waals surface area contributed by atoms with Crippen molar-refractivity contribution in [2.45, 2.75) is 0 Å². The lowest BCUT2D eigenvalue weighted by Gasteiger charge is -2.12. The van der Waals surface area contributed by atoms with Crippen molar-refractivity contribution in [3.05, 3.63) is 71.6 Å². The van der Waals surface area contributed by atoms with Crippen LogP contribution in [0.5, 0.6) is 23.4 Å². The zero-order valence-corrected chi connectivity index (χ0v) is 16.3. The molecule has 0 radical (unpaired) electrons. The van der Waals surface area contributed by atoms with E-state index in [1.165, 1.54) is 20.5 Å².